The van der Waals surface area contributed by atoms with Gasteiger partial charge in [0.05, 0.1) is 0 Å². The van der Waals surface area contributed by atoms with Gasteiger partial charge in [-0.25, -0.2) is 9.13 Å². The van der Waals surface area contributed by atoms with E-state index < -0.39 is 0 Å². The second-order valence-electron chi connectivity index (χ2n) is 5.19. The van der Waals surface area contributed by atoms with Crippen LogP contribution in [0.3, 0.4) is 0 Å². The Hall–Kier alpha value is -2.06. The van der Waals surface area contributed by atoms with Crippen LogP contribution in [-0.4, -0.2) is 4.57 Å². The molecule has 0 unspecified atom stereocenters. The van der Waals surface area contributed by atoms with Gasteiger partial charge in [0.2, 0.25) is 6.33 Å². The Balaban J connectivity index is 1.67. The van der Waals surface area contributed by atoms with Gasteiger partial charge in [0.25, 0.3) is 0 Å². The van der Waals surface area contributed by atoms with Crippen molar-refractivity contribution in [2.24, 2.45) is 0 Å². The minimum atomic E-state index is 0.570. The third-order valence-corrected chi connectivity index (χ3v) is 3.81. The summed E-state index contributed by atoms with van der Waals surface area (Å²) in [6, 6.07) is 18.9. The highest BCUT2D eigenvalue weighted by atomic mass is 35.5. The van der Waals surface area contributed by atoms with Crippen LogP contribution in [0.2, 0.25) is 0 Å². The maximum atomic E-state index is 5.81. The number of rotatable bonds is 5. The van der Waals surface area contributed by atoms with Gasteiger partial charge in [-0.2, -0.15) is 0 Å². The first kappa shape index (κ1) is 13.9. The molecule has 0 aliphatic rings. The van der Waals surface area contributed by atoms with Crippen molar-refractivity contribution in [3.8, 4) is 0 Å². The van der Waals surface area contributed by atoms with Crippen LogP contribution < -0.4 is 4.57 Å². The van der Waals surface area contributed by atoms with Crippen molar-refractivity contribution >= 4 is 11.6 Å². The van der Waals surface area contributed by atoms with Crippen LogP contribution in [0, 0.1) is 0 Å². The SMILES string of the molecule is ClCc1ccc(Cn2cc[n+](Cc3ccccc3)c2)cc1. The topological polar surface area (TPSA) is 8.81 Å². The lowest BCUT2D eigenvalue weighted by molar-refractivity contribution is -0.687. The van der Waals surface area contributed by atoms with Gasteiger partial charge < -0.3 is 0 Å². The van der Waals surface area contributed by atoms with E-state index >= 15 is 0 Å². The second kappa shape index (κ2) is 6.59. The van der Waals surface area contributed by atoms with Crippen molar-refractivity contribution in [1.29, 1.82) is 0 Å². The minimum absolute atomic E-state index is 0.570. The fourth-order valence-electron chi connectivity index (χ4n) is 2.36. The van der Waals surface area contributed by atoms with Crippen LogP contribution in [0.15, 0.2) is 73.3 Å². The molecule has 1 aromatic heterocycles. The maximum Gasteiger partial charge on any atom is 0.244 e. The first-order valence-electron chi connectivity index (χ1n) is 7.06. The normalized spacial score (nSPS) is 10.7. The monoisotopic (exact) mass is 297 g/mol. The van der Waals surface area contributed by atoms with Crippen LogP contribution in [0.5, 0.6) is 0 Å². The molecule has 21 heavy (non-hydrogen) atoms. The molecule has 2 aromatic carbocycles. The number of hydrogen-bond donors (Lipinski definition) is 0. The molecule has 106 valence electrons. The Morgan fingerprint density at radius 2 is 1.57 bits per heavy atom. The van der Waals surface area contributed by atoms with Crippen molar-refractivity contribution in [1.82, 2.24) is 4.57 Å². The van der Waals surface area contributed by atoms with Crippen molar-refractivity contribution in [2.45, 2.75) is 19.0 Å². The highest BCUT2D eigenvalue weighted by molar-refractivity contribution is 6.17. The van der Waals surface area contributed by atoms with Crippen LogP contribution >= 0.6 is 11.6 Å². The maximum absolute atomic E-state index is 5.81. The number of nitrogens with zero attached hydrogens (tertiary/aromatic N) is 2. The van der Waals surface area contributed by atoms with Gasteiger partial charge in [0.1, 0.15) is 25.5 Å². The largest absolute Gasteiger partial charge is 0.244 e. The molecule has 0 spiro atoms. The summed E-state index contributed by atoms with van der Waals surface area (Å²) in [7, 11) is 0. The summed E-state index contributed by atoms with van der Waals surface area (Å²) in [6.07, 6.45) is 6.36. The smallest absolute Gasteiger partial charge is 0.233 e. The number of imidazole rings is 1. The molecular formula is C18H18ClN2+. The molecule has 0 saturated heterocycles. The first-order valence-corrected chi connectivity index (χ1v) is 7.59. The molecule has 1 heterocycles. The van der Waals surface area contributed by atoms with Crippen molar-refractivity contribution in [3.05, 3.63) is 90.0 Å². The Morgan fingerprint density at radius 3 is 2.29 bits per heavy atom. The lowest BCUT2D eigenvalue weighted by Crippen LogP contribution is -2.31. The lowest BCUT2D eigenvalue weighted by Gasteiger charge is -2.00. The summed E-state index contributed by atoms with van der Waals surface area (Å²) in [4.78, 5) is 0. The van der Waals surface area contributed by atoms with Gasteiger partial charge in [-0.3, -0.25) is 0 Å². The molecule has 3 rings (SSSR count). The zero-order chi connectivity index (χ0) is 14.5. The number of benzene rings is 2. The summed E-state index contributed by atoms with van der Waals surface area (Å²) < 4.78 is 4.39. The van der Waals surface area contributed by atoms with Crippen molar-refractivity contribution < 1.29 is 4.57 Å². The standard InChI is InChI=1S/C18H18ClN2/c19-12-16-6-8-18(9-7-16)14-21-11-10-20(15-21)13-17-4-2-1-3-5-17/h1-11,15H,12-14H2/q+1. The molecule has 3 aromatic rings. The second-order valence-corrected chi connectivity index (χ2v) is 5.46. The highest BCUT2D eigenvalue weighted by Gasteiger charge is 2.05. The molecule has 0 N–H and O–H groups in total. The molecule has 0 aliphatic carbocycles. The Morgan fingerprint density at radius 1 is 0.857 bits per heavy atom. The van der Waals surface area contributed by atoms with E-state index in [1.165, 1.54) is 11.1 Å². The average Bonchev–Trinajstić information content (AvgIpc) is 2.96. The summed E-state index contributed by atoms with van der Waals surface area (Å²) in [5.41, 5.74) is 3.75. The predicted octanol–water partition coefficient (Wildman–Crippen LogP) is 3.61. The average molecular weight is 298 g/mol. The summed E-state index contributed by atoms with van der Waals surface area (Å²) >= 11 is 5.81. The third kappa shape index (κ3) is 3.73. The van der Waals surface area contributed by atoms with Crippen LogP contribution in [0.1, 0.15) is 16.7 Å². The van der Waals surface area contributed by atoms with E-state index in [4.69, 9.17) is 11.6 Å². The first-order chi connectivity index (χ1) is 10.3. The van der Waals surface area contributed by atoms with E-state index in [9.17, 15) is 0 Å². The molecule has 0 bridgehead atoms. The Labute approximate surface area is 130 Å². The lowest BCUT2D eigenvalue weighted by atomic mass is 10.1. The molecule has 3 heteroatoms. The summed E-state index contributed by atoms with van der Waals surface area (Å²) in [5, 5.41) is 0. The third-order valence-electron chi connectivity index (χ3n) is 3.50. The van der Waals surface area contributed by atoms with E-state index in [1.54, 1.807) is 0 Å². The Kier molecular flexibility index (Phi) is 4.37. The molecule has 2 nitrogen and oxygen atoms in total. The van der Waals surface area contributed by atoms with E-state index in [0.29, 0.717) is 5.88 Å². The van der Waals surface area contributed by atoms with E-state index in [-0.39, 0.29) is 0 Å². The number of aromatic nitrogens is 2. The quantitative estimate of drug-likeness (QED) is 0.502. The van der Waals surface area contributed by atoms with E-state index in [2.05, 4.69) is 76.4 Å². The van der Waals surface area contributed by atoms with Gasteiger partial charge in [-0.1, -0.05) is 54.6 Å². The summed E-state index contributed by atoms with van der Waals surface area (Å²) in [5.74, 6) is 0.570. The molecular weight excluding hydrogens is 280 g/mol. The molecule has 0 fully saturated rings. The number of halogens is 1. The predicted molar refractivity (Wildman–Crippen MR) is 85.3 cm³/mol. The summed E-state index contributed by atoms with van der Waals surface area (Å²) in [6.45, 7) is 1.78. The molecule has 0 radical (unpaired) electrons. The van der Waals surface area contributed by atoms with E-state index in [0.717, 1.165) is 18.7 Å². The number of hydrogen-bond acceptors (Lipinski definition) is 0. The van der Waals surface area contributed by atoms with Crippen LogP contribution in [0.25, 0.3) is 0 Å². The fraction of sp³-hybridized carbons (Fsp3) is 0.167. The van der Waals surface area contributed by atoms with Crippen molar-refractivity contribution in [2.75, 3.05) is 0 Å². The van der Waals surface area contributed by atoms with Gasteiger partial charge in [-0.15, -0.1) is 11.6 Å². The van der Waals surface area contributed by atoms with Crippen LogP contribution in [-0.2, 0) is 19.0 Å². The number of alkyl halides is 1. The molecule has 0 aliphatic heterocycles. The van der Waals surface area contributed by atoms with E-state index in [1.807, 2.05) is 6.07 Å². The highest BCUT2D eigenvalue weighted by Crippen LogP contribution is 2.08. The molecule has 0 atom stereocenters. The van der Waals surface area contributed by atoms with Gasteiger partial charge in [-0.05, 0) is 16.7 Å². The molecule has 0 saturated carbocycles. The van der Waals surface area contributed by atoms with Gasteiger partial charge in [0, 0.05) is 5.88 Å². The Bertz CT molecular complexity index is 687. The zero-order valence-electron chi connectivity index (χ0n) is 11.8. The van der Waals surface area contributed by atoms with Crippen molar-refractivity contribution in [3.63, 3.8) is 0 Å². The minimum Gasteiger partial charge on any atom is -0.233 e. The van der Waals surface area contributed by atoms with Gasteiger partial charge in [0.15, 0.2) is 0 Å². The van der Waals surface area contributed by atoms with Crippen LogP contribution in [0.4, 0.5) is 0 Å². The zero-order valence-corrected chi connectivity index (χ0v) is 12.6. The fourth-order valence-corrected chi connectivity index (χ4v) is 2.54. The molecule has 0 amide bonds. The van der Waals surface area contributed by atoms with Gasteiger partial charge >= 0.3 is 0 Å².